The highest BCUT2D eigenvalue weighted by molar-refractivity contribution is 7.11. The minimum atomic E-state index is -0.174. The van der Waals surface area contributed by atoms with Crippen LogP contribution in [0.5, 0.6) is 11.5 Å². The van der Waals surface area contributed by atoms with Crippen molar-refractivity contribution in [2.45, 2.75) is 0 Å². The number of nitrogens with zero attached hydrogens (tertiary/aromatic N) is 2. The largest absolute Gasteiger partial charge is 0.493 e. The van der Waals surface area contributed by atoms with Crippen LogP contribution in [0.25, 0.3) is 22.9 Å². The summed E-state index contributed by atoms with van der Waals surface area (Å²) in [6, 6.07) is 24.0. The van der Waals surface area contributed by atoms with E-state index in [1.165, 1.54) is 18.4 Å². The van der Waals surface area contributed by atoms with Gasteiger partial charge >= 0.3 is 0 Å². The molecule has 34 heavy (non-hydrogen) atoms. The third kappa shape index (κ3) is 5.52. The Morgan fingerprint density at radius 1 is 1.09 bits per heavy atom. The first-order valence-corrected chi connectivity index (χ1v) is 11.6. The highest BCUT2D eigenvalue weighted by Crippen LogP contribution is 2.31. The van der Waals surface area contributed by atoms with Crippen LogP contribution in [-0.2, 0) is 0 Å². The first-order valence-electron chi connectivity index (χ1n) is 10.3. The highest BCUT2D eigenvalue weighted by atomic mass is 35.5. The number of nitriles is 1. The summed E-state index contributed by atoms with van der Waals surface area (Å²) in [5.41, 5.74) is 3.54. The van der Waals surface area contributed by atoms with Gasteiger partial charge in [-0.1, -0.05) is 48.0 Å². The summed E-state index contributed by atoms with van der Waals surface area (Å²) in [4.78, 5) is 17.0. The normalized spacial score (nSPS) is 11.0. The molecular weight excluding hydrogens is 468 g/mol. The number of carbonyl (C=O) groups excluding carboxylic acids is 1. The molecule has 3 aromatic carbocycles. The minimum absolute atomic E-state index is 0.141. The molecule has 0 fully saturated rings. The number of rotatable bonds is 8. The standard InChI is InChI=1S/C27H19ClN2O3S/c1-32-26-14-18(7-12-25(26)33-16-24(31)20-8-10-22(28)11-9-20)13-21(15-29)27-30-23(17-34-27)19-5-3-2-4-6-19/h2-14,17H,16H2,1H3/b21-13-. The molecule has 0 aliphatic carbocycles. The Labute approximate surface area is 206 Å². The SMILES string of the molecule is COc1cc(/C=C(/C#N)c2nc(-c3ccccc3)cs2)ccc1OCC(=O)c1ccc(Cl)cc1. The number of thiazole rings is 1. The molecule has 0 spiro atoms. The fraction of sp³-hybridized carbons (Fsp3) is 0.0741. The molecular formula is C27H19ClN2O3S. The van der Waals surface area contributed by atoms with Gasteiger partial charge in [-0.25, -0.2) is 4.98 Å². The van der Waals surface area contributed by atoms with E-state index in [0.717, 1.165) is 16.8 Å². The Kier molecular flexibility index (Phi) is 7.38. The number of Topliss-reactive ketones (excluding diaryl/α,β-unsaturated/α-hetero) is 1. The summed E-state index contributed by atoms with van der Waals surface area (Å²) in [5.74, 6) is 0.715. The lowest BCUT2D eigenvalue weighted by molar-refractivity contribution is 0.0919. The van der Waals surface area contributed by atoms with Crippen LogP contribution < -0.4 is 9.47 Å². The number of halogens is 1. The van der Waals surface area contributed by atoms with Crippen molar-refractivity contribution >= 4 is 40.4 Å². The highest BCUT2D eigenvalue weighted by Gasteiger charge is 2.12. The van der Waals surface area contributed by atoms with Gasteiger partial charge in [-0.15, -0.1) is 11.3 Å². The maximum Gasteiger partial charge on any atom is 0.200 e. The summed E-state index contributed by atoms with van der Waals surface area (Å²) in [7, 11) is 1.52. The number of aromatic nitrogens is 1. The van der Waals surface area contributed by atoms with Crippen molar-refractivity contribution in [3.05, 3.63) is 99.3 Å². The zero-order chi connectivity index (χ0) is 23.9. The number of ether oxygens (including phenoxy) is 2. The van der Waals surface area contributed by atoms with Gasteiger partial charge < -0.3 is 9.47 Å². The van der Waals surface area contributed by atoms with E-state index in [0.29, 0.717) is 32.7 Å². The molecule has 0 N–H and O–H groups in total. The van der Waals surface area contributed by atoms with E-state index in [-0.39, 0.29) is 12.4 Å². The average Bonchev–Trinajstić information content (AvgIpc) is 3.37. The van der Waals surface area contributed by atoms with Crippen molar-refractivity contribution in [3.8, 4) is 28.8 Å². The first kappa shape index (κ1) is 23.2. The molecule has 0 radical (unpaired) electrons. The van der Waals surface area contributed by atoms with Crippen LogP contribution in [0.4, 0.5) is 0 Å². The molecule has 0 saturated heterocycles. The second-order valence-electron chi connectivity index (χ2n) is 7.20. The van der Waals surface area contributed by atoms with Crippen LogP contribution in [0, 0.1) is 11.3 Å². The van der Waals surface area contributed by atoms with E-state index < -0.39 is 0 Å². The zero-order valence-corrected chi connectivity index (χ0v) is 19.8. The maximum atomic E-state index is 12.4. The molecule has 1 aromatic heterocycles. The number of benzene rings is 3. The summed E-state index contributed by atoms with van der Waals surface area (Å²) >= 11 is 7.29. The molecule has 168 valence electrons. The van der Waals surface area contributed by atoms with Gasteiger partial charge in [0.05, 0.1) is 18.4 Å². The lowest BCUT2D eigenvalue weighted by Crippen LogP contribution is -2.12. The molecule has 1 heterocycles. The van der Waals surface area contributed by atoms with Gasteiger partial charge in [0.1, 0.15) is 11.1 Å². The lowest BCUT2D eigenvalue weighted by Gasteiger charge is -2.11. The van der Waals surface area contributed by atoms with E-state index in [1.807, 2.05) is 35.7 Å². The van der Waals surface area contributed by atoms with Gasteiger partial charge in [0, 0.05) is 21.5 Å². The smallest absolute Gasteiger partial charge is 0.200 e. The van der Waals surface area contributed by atoms with Crippen LogP contribution in [0.15, 0.2) is 78.2 Å². The van der Waals surface area contributed by atoms with Crippen molar-refractivity contribution in [2.24, 2.45) is 0 Å². The third-order valence-corrected chi connectivity index (χ3v) is 6.08. The number of allylic oxidation sites excluding steroid dienone is 1. The molecule has 0 bridgehead atoms. The van der Waals surface area contributed by atoms with Crippen LogP contribution >= 0.6 is 22.9 Å². The molecule has 0 aliphatic heterocycles. The maximum absolute atomic E-state index is 12.4. The van der Waals surface area contributed by atoms with Crippen LogP contribution in [-0.4, -0.2) is 24.5 Å². The average molecular weight is 487 g/mol. The number of ketones is 1. The van der Waals surface area contributed by atoms with Gasteiger partial charge in [-0.05, 0) is 48.0 Å². The fourth-order valence-corrected chi connectivity index (χ4v) is 4.12. The molecule has 0 unspecified atom stereocenters. The summed E-state index contributed by atoms with van der Waals surface area (Å²) in [5, 5.41) is 12.9. The monoisotopic (exact) mass is 486 g/mol. The Balaban J connectivity index is 1.51. The third-order valence-electron chi connectivity index (χ3n) is 4.95. The molecule has 4 rings (SSSR count). The number of carbonyl (C=O) groups is 1. The van der Waals surface area contributed by atoms with Crippen LogP contribution in [0.1, 0.15) is 20.9 Å². The van der Waals surface area contributed by atoms with Crippen LogP contribution in [0.2, 0.25) is 5.02 Å². The van der Waals surface area contributed by atoms with Gasteiger partial charge in [-0.3, -0.25) is 4.79 Å². The Hall–Kier alpha value is -3.92. The van der Waals surface area contributed by atoms with E-state index in [2.05, 4.69) is 11.1 Å². The van der Waals surface area contributed by atoms with E-state index in [9.17, 15) is 10.1 Å². The lowest BCUT2D eigenvalue weighted by atomic mass is 10.1. The van der Waals surface area contributed by atoms with Crippen molar-refractivity contribution < 1.29 is 14.3 Å². The van der Waals surface area contributed by atoms with Crippen LogP contribution in [0.3, 0.4) is 0 Å². The van der Waals surface area contributed by atoms with Gasteiger partial charge in [0.2, 0.25) is 0 Å². The molecule has 0 atom stereocenters. The van der Waals surface area contributed by atoms with Crippen molar-refractivity contribution in [3.63, 3.8) is 0 Å². The molecule has 5 nitrogen and oxygen atoms in total. The Morgan fingerprint density at radius 2 is 1.85 bits per heavy atom. The predicted molar refractivity (Wildman–Crippen MR) is 135 cm³/mol. The van der Waals surface area contributed by atoms with Gasteiger partial charge in [0.15, 0.2) is 23.9 Å². The quantitative estimate of drug-likeness (QED) is 0.202. The molecule has 0 amide bonds. The number of methoxy groups -OCH3 is 1. The Bertz CT molecular complexity index is 1370. The number of hydrogen-bond donors (Lipinski definition) is 0. The van der Waals surface area contributed by atoms with Gasteiger partial charge in [-0.2, -0.15) is 5.26 Å². The van der Waals surface area contributed by atoms with Crippen molar-refractivity contribution in [2.75, 3.05) is 13.7 Å². The second kappa shape index (κ2) is 10.8. The Morgan fingerprint density at radius 3 is 2.56 bits per heavy atom. The topological polar surface area (TPSA) is 72.2 Å². The predicted octanol–water partition coefficient (Wildman–Crippen LogP) is 6.80. The minimum Gasteiger partial charge on any atom is -0.493 e. The summed E-state index contributed by atoms with van der Waals surface area (Å²) < 4.78 is 11.1. The second-order valence-corrected chi connectivity index (χ2v) is 8.50. The van der Waals surface area contributed by atoms with E-state index >= 15 is 0 Å². The fourth-order valence-electron chi connectivity index (χ4n) is 3.20. The molecule has 4 aromatic rings. The van der Waals surface area contributed by atoms with Gasteiger partial charge in [0.25, 0.3) is 0 Å². The molecule has 7 heteroatoms. The molecule has 0 aliphatic rings. The summed E-state index contributed by atoms with van der Waals surface area (Å²) in [6.07, 6.45) is 1.75. The van der Waals surface area contributed by atoms with Crippen molar-refractivity contribution in [1.82, 2.24) is 4.98 Å². The van der Waals surface area contributed by atoms with Crippen molar-refractivity contribution in [1.29, 1.82) is 5.26 Å². The van der Waals surface area contributed by atoms with E-state index in [4.69, 9.17) is 21.1 Å². The van der Waals surface area contributed by atoms with E-state index in [1.54, 1.807) is 48.5 Å². The molecule has 0 saturated carbocycles. The summed E-state index contributed by atoms with van der Waals surface area (Å²) in [6.45, 7) is -0.141. The first-order chi connectivity index (χ1) is 16.6. The number of hydrogen-bond acceptors (Lipinski definition) is 6. The zero-order valence-electron chi connectivity index (χ0n) is 18.2.